The second kappa shape index (κ2) is 13.8. The third-order valence-corrected chi connectivity index (χ3v) is 11.9. The maximum atomic E-state index is 5.42. The largest absolute Gasteiger partial charge is 0.247 e. The summed E-state index contributed by atoms with van der Waals surface area (Å²) in [5.41, 5.74) is 8.01. The van der Waals surface area contributed by atoms with E-state index in [1.54, 1.807) is 0 Å². The zero-order chi connectivity index (χ0) is 39.6. The van der Waals surface area contributed by atoms with E-state index in [1.807, 2.05) is 0 Å². The molecule has 4 nitrogen and oxygen atoms in total. The first kappa shape index (κ1) is 34.0. The van der Waals surface area contributed by atoms with E-state index in [-0.39, 0.29) is 0 Å². The van der Waals surface area contributed by atoms with Gasteiger partial charge in [-0.05, 0) is 72.4 Å². The molecule has 0 unspecified atom stereocenters. The lowest BCUT2D eigenvalue weighted by Crippen LogP contribution is -2.01. The Morgan fingerprint density at radius 1 is 0.250 bits per heavy atom. The molecule has 278 valence electrons. The summed E-state index contributed by atoms with van der Waals surface area (Å²) in [7, 11) is 0. The molecule has 12 aromatic rings. The summed E-state index contributed by atoms with van der Waals surface area (Å²) in [6, 6.07) is 72.8. The maximum absolute atomic E-state index is 5.42. The number of rotatable bonds is 5. The van der Waals surface area contributed by atoms with Crippen LogP contribution in [0, 0.1) is 0 Å². The number of aromatic nitrogens is 4. The van der Waals surface area contributed by atoms with E-state index in [0.717, 1.165) is 71.5 Å². The minimum Gasteiger partial charge on any atom is -0.247 e. The zero-order valence-corrected chi connectivity index (χ0v) is 32.4. The van der Waals surface area contributed by atoms with Gasteiger partial charge in [0.25, 0.3) is 0 Å². The summed E-state index contributed by atoms with van der Waals surface area (Å²) in [5, 5.41) is 12.9. The number of nitrogens with zero attached hydrogens (tertiary/aromatic N) is 4. The van der Waals surface area contributed by atoms with Crippen molar-refractivity contribution in [2.75, 3.05) is 0 Å². The minimum absolute atomic E-state index is 0.620. The van der Waals surface area contributed by atoms with Crippen molar-refractivity contribution in [1.29, 1.82) is 0 Å². The number of hydrogen-bond donors (Lipinski definition) is 0. The molecule has 0 amide bonds. The second-order valence-electron chi connectivity index (χ2n) is 15.3. The van der Waals surface area contributed by atoms with Gasteiger partial charge >= 0.3 is 0 Å². The van der Waals surface area contributed by atoms with Crippen LogP contribution in [0.15, 0.2) is 206 Å². The third-order valence-electron chi connectivity index (χ3n) is 11.9. The highest BCUT2D eigenvalue weighted by atomic mass is 15.0. The number of benzene rings is 10. The molecular formula is C56H34N4. The van der Waals surface area contributed by atoms with Crippen LogP contribution in [-0.2, 0) is 0 Å². The molecule has 0 aliphatic rings. The van der Waals surface area contributed by atoms with E-state index in [9.17, 15) is 0 Å². The molecule has 2 heterocycles. The topological polar surface area (TPSA) is 51.6 Å². The Morgan fingerprint density at radius 3 is 1.28 bits per heavy atom. The molecule has 0 aliphatic carbocycles. The maximum Gasteiger partial charge on any atom is 0.164 e. The van der Waals surface area contributed by atoms with Crippen molar-refractivity contribution in [1.82, 2.24) is 19.9 Å². The Hall–Kier alpha value is -8.08. The SMILES string of the molecule is c1cc(-c2cccc(-c3nc4ccccc4c4c5ccccc5c5ccccc5c34)c2)cc(-c2nc(-c3cccc4ccccc34)nc(-c3cccc4ccccc34)n2)c1. The van der Waals surface area contributed by atoms with E-state index in [4.69, 9.17) is 19.9 Å². The molecule has 0 spiro atoms. The first-order valence-electron chi connectivity index (χ1n) is 20.3. The van der Waals surface area contributed by atoms with Gasteiger partial charge in [-0.15, -0.1) is 0 Å². The highest BCUT2D eigenvalue weighted by Crippen LogP contribution is 2.43. The van der Waals surface area contributed by atoms with Crippen molar-refractivity contribution in [3.63, 3.8) is 0 Å². The molecule has 0 aliphatic heterocycles. The van der Waals surface area contributed by atoms with Crippen LogP contribution in [0.5, 0.6) is 0 Å². The molecule has 0 saturated heterocycles. The van der Waals surface area contributed by atoms with Crippen LogP contribution in [0.3, 0.4) is 0 Å². The summed E-state index contributed by atoms with van der Waals surface area (Å²) in [5.74, 6) is 1.90. The Kier molecular flexibility index (Phi) is 7.82. The molecule has 0 saturated carbocycles. The standard InChI is InChI=1S/C56H34N4/c1-3-23-41-35(15-1)17-13-30-47(41)55-58-54(59-56(60-55)48-31-14-18-36-16-2-4-24-42(36)48)40-22-12-20-38(34-40)37-19-11-21-39(33-37)53-52-46-28-8-6-26-44(46)43-25-5-7-27-45(43)51(52)49-29-9-10-32-50(49)57-53/h1-34H. The first-order valence-corrected chi connectivity index (χ1v) is 20.3. The fraction of sp³-hybridized carbons (Fsp3) is 0. The summed E-state index contributed by atoms with van der Waals surface area (Å²) < 4.78 is 0. The molecule has 12 rings (SSSR count). The molecule has 10 aromatic carbocycles. The molecular weight excluding hydrogens is 729 g/mol. The van der Waals surface area contributed by atoms with Crippen LogP contribution in [0.25, 0.3) is 121 Å². The van der Waals surface area contributed by atoms with Crippen LogP contribution >= 0.6 is 0 Å². The molecule has 60 heavy (non-hydrogen) atoms. The third kappa shape index (κ3) is 5.53. The van der Waals surface area contributed by atoms with E-state index in [1.165, 1.54) is 32.3 Å². The summed E-state index contributed by atoms with van der Waals surface area (Å²) in [6.07, 6.45) is 0. The highest BCUT2D eigenvalue weighted by molar-refractivity contribution is 6.33. The van der Waals surface area contributed by atoms with E-state index in [0.29, 0.717) is 17.5 Å². The van der Waals surface area contributed by atoms with Gasteiger partial charge in [0.15, 0.2) is 17.5 Å². The minimum atomic E-state index is 0.620. The molecule has 0 radical (unpaired) electrons. The van der Waals surface area contributed by atoms with Crippen LogP contribution in [0.2, 0.25) is 0 Å². The molecule has 0 N–H and O–H groups in total. The Labute approximate surface area is 346 Å². The zero-order valence-electron chi connectivity index (χ0n) is 32.4. The fourth-order valence-corrected chi connectivity index (χ4v) is 9.11. The lowest BCUT2D eigenvalue weighted by molar-refractivity contribution is 1.08. The Balaban J connectivity index is 1.05. The summed E-state index contributed by atoms with van der Waals surface area (Å²) in [4.78, 5) is 21.0. The smallest absolute Gasteiger partial charge is 0.164 e. The van der Waals surface area contributed by atoms with Crippen molar-refractivity contribution in [2.24, 2.45) is 0 Å². The van der Waals surface area contributed by atoms with Crippen molar-refractivity contribution in [3.05, 3.63) is 206 Å². The fourth-order valence-electron chi connectivity index (χ4n) is 9.11. The van der Waals surface area contributed by atoms with Gasteiger partial charge in [0.1, 0.15) is 0 Å². The molecule has 0 fully saturated rings. The quantitative estimate of drug-likeness (QED) is 0.164. The van der Waals surface area contributed by atoms with E-state index >= 15 is 0 Å². The van der Waals surface area contributed by atoms with E-state index in [2.05, 4.69) is 206 Å². The highest BCUT2D eigenvalue weighted by Gasteiger charge is 2.19. The average molecular weight is 763 g/mol. The number of hydrogen-bond acceptors (Lipinski definition) is 4. The van der Waals surface area contributed by atoms with Gasteiger partial charge in [-0.1, -0.05) is 188 Å². The van der Waals surface area contributed by atoms with Gasteiger partial charge in [-0.2, -0.15) is 0 Å². The lowest BCUT2D eigenvalue weighted by Gasteiger charge is -2.16. The number of para-hydroxylation sites is 1. The van der Waals surface area contributed by atoms with Crippen LogP contribution in [0.4, 0.5) is 0 Å². The normalized spacial score (nSPS) is 11.7. The van der Waals surface area contributed by atoms with Gasteiger partial charge in [0.2, 0.25) is 0 Å². The molecule has 0 bridgehead atoms. The van der Waals surface area contributed by atoms with Crippen LogP contribution in [-0.4, -0.2) is 19.9 Å². The second-order valence-corrected chi connectivity index (χ2v) is 15.3. The lowest BCUT2D eigenvalue weighted by atomic mass is 9.89. The monoisotopic (exact) mass is 762 g/mol. The van der Waals surface area contributed by atoms with Gasteiger partial charge in [-0.3, -0.25) is 0 Å². The summed E-state index contributed by atoms with van der Waals surface area (Å²) >= 11 is 0. The van der Waals surface area contributed by atoms with Crippen molar-refractivity contribution in [3.8, 4) is 56.5 Å². The predicted molar refractivity (Wildman–Crippen MR) is 250 cm³/mol. The molecule has 2 aromatic heterocycles. The number of fused-ring (bicyclic) bond motifs is 10. The van der Waals surface area contributed by atoms with Gasteiger partial charge in [0.05, 0.1) is 11.2 Å². The predicted octanol–water partition coefficient (Wildman–Crippen LogP) is 14.5. The average Bonchev–Trinajstić information content (AvgIpc) is 3.33. The van der Waals surface area contributed by atoms with Crippen LogP contribution in [0.1, 0.15) is 0 Å². The first-order chi connectivity index (χ1) is 29.7. The van der Waals surface area contributed by atoms with Crippen LogP contribution < -0.4 is 0 Å². The van der Waals surface area contributed by atoms with Crippen molar-refractivity contribution in [2.45, 2.75) is 0 Å². The van der Waals surface area contributed by atoms with Gasteiger partial charge in [0, 0.05) is 38.4 Å². The van der Waals surface area contributed by atoms with Crippen molar-refractivity contribution < 1.29 is 0 Å². The van der Waals surface area contributed by atoms with Gasteiger partial charge < -0.3 is 0 Å². The molecule has 4 heteroatoms. The summed E-state index contributed by atoms with van der Waals surface area (Å²) in [6.45, 7) is 0. The Bertz CT molecular complexity index is 3580. The van der Waals surface area contributed by atoms with E-state index < -0.39 is 0 Å². The van der Waals surface area contributed by atoms with Crippen molar-refractivity contribution >= 4 is 64.8 Å². The Morgan fingerprint density at radius 2 is 0.667 bits per heavy atom. The number of pyridine rings is 1. The van der Waals surface area contributed by atoms with Gasteiger partial charge in [-0.25, -0.2) is 19.9 Å². The molecule has 0 atom stereocenters.